The number of carbonyl (C=O) groups excluding carboxylic acids is 3. The number of hydrogen-bond donors (Lipinski definition) is 1. The molecular formula is C18H24N2O4. The molecule has 1 aliphatic carbocycles. The molecule has 0 unspecified atom stereocenters. The van der Waals surface area contributed by atoms with E-state index in [1.807, 2.05) is 0 Å². The standard InChI is InChI=1S/C18H24N2O4/c1-13(21)20(12-11-17(22)19-15-5-3-4-6-15)16-9-7-14(8-10-16)18(23)24-2/h7-10,15H,3-6,11-12H2,1-2H3,(H,19,22). The van der Waals surface area contributed by atoms with Gasteiger partial charge < -0.3 is 15.0 Å². The Hall–Kier alpha value is -2.37. The van der Waals surface area contributed by atoms with Crippen molar-refractivity contribution in [3.8, 4) is 0 Å². The lowest BCUT2D eigenvalue weighted by Gasteiger charge is -2.21. The molecule has 0 aliphatic heterocycles. The van der Waals surface area contributed by atoms with Crippen LogP contribution in [0, 0.1) is 0 Å². The van der Waals surface area contributed by atoms with Crippen LogP contribution >= 0.6 is 0 Å². The topological polar surface area (TPSA) is 75.7 Å². The number of nitrogens with one attached hydrogen (secondary N) is 1. The van der Waals surface area contributed by atoms with E-state index < -0.39 is 5.97 Å². The highest BCUT2D eigenvalue weighted by molar-refractivity contribution is 5.94. The number of nitrogens with zero attached hydrogens (tertiary/aromatic N) is 1. The van der Waals surface area contributed by atoms with Crippen LogP contribution in [0.3, 0.4) is 0 Å². The van der Waals surface area contributed by atoms with Gasteiger partial charge in [-0.05, 0) is 37.1 Å². The van der Waals surface area contributed by atoms with Gasteiger partial charge in [-0.3, -0.25) is 9.59 Å². The smallest absolute Gasteiger partial charge is 0.337 e. The van der Waals surface area contributed by atoms with Gasteiger partial charge in [-0.2, -0.15) is 0 Å². The summed E-state index contributed by atoms with van der Waals surface area (Å²) in [6.07, 6.45) is 4.66. The third-order valence-electron chi connectivity index (χ3n) is 4.26. The van der Waals surface area contributed by atoms with Gasteiger partial charge in [0, 0.05) is 31.6 Å². The highest BCUT2D eigenvalue weighted by atomic mass is 16.5. The molecule has 1 N–H and O–H groups in total. The van der Waals surface area contributed by atoms with Crippen LogP contribution in [0.1, 0.15) is 49.4 Å². The fraction of sp³-hybridized carbons (Fsp3) is 0.500. The van der Waals surface area contributed by atoms with E-state index in [2.05, 4.69) is 10.1 Å². The van der Waals surface area contributed by atoms with E-state index in [1.165, 1.54) is 18.9 Å². The summed E-state index contributed by atoms with van der Waals surface area (Å²) < 4.78 is 4.65. The summed E-state index contributed by atoms with van der Waals surface area (Å²) in [4.78, 5) is 36.9. The third kappa shape index (κ3) is 4.81. The lowest BCUT2D eigenvalue weighted by atomic mass is 10.2. The molecule has 0 bridgehead atoms. The van der Waals surface area contributed by atoms with Crippen molar-refractivity contribution in [2.24, 2.45) is 0 Å². The van der Waals surface area contributed by atoms with Gasteiger partial charge in [0.1, 0.15) is 0 Å². The van der Waals surface area contributed by atoms with E-state index >= 15 is 0 Å². The molecule has 1 aliphatic rings. The number of methoxy groups -OCH3 is 1. The zero-order chi connectivity index (χ0) is 17.5. The Bertz CT molecular complexity index is 592. The van der Waals surface area contributed by atoms with Crippen molar-refractivity contribution in [2.75, 3.05) is 18.6 Å². The van der Waals surface area contributed by atoms with Crippen molar-refractivity contribution in [2.45, 2.75) is 45.1 Å². The molecular weight excluding hydrogens is 308 g/mol. The molecule has 6 nitrogen and oxygen atoms in total. The summed E-state index contributed by atoms with van der Waals surface area (Å²) in [5.41, 5.74) is 1.08. The quantitative estimate of drug-likeness (QED) is 0.811. The Labute approximate surface area is 142 Å². The lowest BCUT2D eigenvalue weighted by Crippen LogP contribution is -2.37. The summed E-state index contributed by atoms with van der Waals surface area (Å²) in [5, 5.41) is 3.02. The number of benzene rings is 1. The van der Waals surface area contributed by atoms with Crippen LogP contribution in [0.2, 0.25) is 0 Å². The zero-order valence-electron chi connectivity index (χ0n) is 14.2. The second-order valence-corrected chi connectivity index (χ2v) is 6.01. The molecule has 2 rings (SSSR count). The minimum atomic E-state index is -0.424. The summed E-state index contributed by atoms with van der Waals surface area (Å²) in [7, 11) is 1.32. The van der Waals surface area contributed by atoms with E-state index in [9.17, 15) is 14.4 Å². The summed E-state index contributed by atoms with van der Waals surface area (Å²) in [5.74, 6) is -0.597. The van der Waals surface area contributed by atoms with Crippen LogP contribution in [0.25, 0.3) is 0 Å². The fourth-order valence-electron chi connectivity index (χ4n) is 2.95. The maximum atomic E-state index is 12.0. The van der Waals surface area contributed by atoms with Crippen LogP contribution in [0.5, 0.6) is 0 Å². The maximum Gasteiger partial charge on any atom is 0.337 e. The van der Waals surface area contributed by atoms with Gasteiger partial charge >= 0.3 is 5.97 Å². The van der Waals surface area contributed by atoms with Gasteiger partial charge in [0.2, 0.25) is 11.8 Å². The SMILES string of the molecule is COC(=O)c1ccc(N(CCC(=O)NC2CCCC2)C(C)=O)cc1. The van der Waals surface area contributed by atoms with E-state index in [0.717, 1.165) is 25.7 Å². The zero-order valence-corrected chi connectivity index (χ0v) is 14.2. The maximum absolute atomic E-state index is 12.0. The minimum absolute atomic E-state index is 0.0284. The third-order valence-corrected chi connectivity index (χ3v) is 4.26. The largest absolute Gasteiger partial charge is 0.465 e. The van der Waals surface area contributed by atoms with Crippen molar-refractivity contribution in [1.29, 1.82) is 0 Å². The van der Waals surface area contributed by atoms with Gasteiger partial charge in [0.15, 0.2) is 0 Å². The average Bonchev–Trinajstić information content (AvgIpc) is 3.07. The Morgan fingerprint density at radius 2 is 1.79 bits per heavy atom. The molecule has 1 aromatic carbocycles. The fourth-order valence-corrected chi connectivity index (χ4v) is 2.95. The van der Waals surface area contributed by atoms with Gasteiger partial charge in [0.25, 0.3) is 0 Å². The molecule has 1 saturated carbocycles. The molecule has 1 aromatic rings. The van der Waals surface area contributed by atoms with Crippen molar-refractivity contribution >= 4 is 23.5 Å². The molecule has 0 spiro atoms. The van der Waals surface area contributed by atoms with Gasteiger partial charge in [0.05, 0.1) is 12.7 Å². The highest BCUT2D eigenvalue weighted by Gasteiger charge is 2.19. The normalized spacial score (nSPS) is 14.2. The number of rotatable bonds is 6. The first-order valence-corrected chi connectivity index (χ1v) is 8.27. The van der Waals surface area contributed by atoms with E-state index in [-0.39, 0.29) is 24.3 Å². The Balaban J connectivity index is 1.94. The number of anilines is 1. The Morgan fingerprint density at radius 1 is 1.17 bits per heavy atom. The molecule has 0 atom stereocenters. The Kier molecular flexibility index (Phi) is 6.35. The van der Waals surface area contributed by atoms with Gasteiger partial charge in [-0.1, -0.05) is 12.8 Å². The van der Waals surface area contributed by atoms with Crippen molar-refractivity contribution < 1.29 is 19.1 Å². The average molecular weight is 332 g/mol. The molecule has 2 amide bonds. The highest BCUT2D eigenvalue weighted by Crippen LogP contribution is 2.19. The molecule has 0 aromatic heterocycles. The van der Waals surface area contributed by atoms with Crippen LogP contribution < -0.4 is 10.2 Å². The van der Waals surface area contributed by atoms with Crippen LogP contribution in [0.15, 0.2) is 24.3 Å². The van der Waals surface area contributed by atoms with Crippen LogP contribution in [-0.4, -0.2) is 37.5 Å². The summed E-state index contributed by atoms with van der Waals surface area (Å²) in [6.45, 7) is 1.77. The van der Waals surface area contributed by atoms with E-state index in [0.29, 0.717) is 17.8 Å². The first-order chi connectivity index (χ1) is 11.5. The second-order valence-electron chi connectivity index (χ2n) is 6.01. The van der Waals surface area contributed by atoms with Crippen molar-refractivity contribution in [3.05, 3.63) is 29.8 Å². The Morgan fingerprint density at radius 3 is 2.33 bits per heavy atom. The summed E-state index contributed by atoms with van der Waals surface area (Å²) in [6, 6.07) is 6.86. The lowest BCUT2D eigenvalue weighted by molar-refractivity contribution is -0.121. The number of carbonyl (C=O) groups is 3. The number of amides is 2. The van der Waals surface area contributed by atoms with E-state index in [1.54, 1.807) is 24.3 Å². The first kappa shape index (κ1) is 18.0. The van der Waals surface area contributed by atoms with Crippen LogP contribution in [0.4, 0.5) is 5.69 Å². The van der Waals surface area contributed by atoms with Crippen molar-refractivity contribution in [3.63, 3.8) is 0 Å². The van der Waals surface area contributed by atoms with E-state index in [4.69, 9.17) is 0 Å². The van der Waals surface area contributed by atoms with Crippen molar-refractivity contribution in [1.82, 2.24) is 5.32 Å². The predicted octanol–water partition coefficient (Wildman–Crippen LogP) is 2.28. The van der Waals surface area contributed by atoms with Gasteiger partial charge in [-0.15, -0.1) is 0 Å². The first-order valence-electron chi connectivity index (χ1n) is 8.27. The second kappa shape index (κ2) is 8.47. The molecule has 0 radical (unpaired) electrons. The van der Waals surface area contributed by atoms with Gasteiger partial charge in [-0.25, -0.2) is 4.79 Å². The monoisotopic (exact) mass is 332 g/mol. The molecule has 130 valence electrons. The molecule has 24 heavy (non-hydrogen) atoms. The number of ether oxygens (including phenoxy) is 1. The minimum Gasteiger partial charge on any atom is -0.465 e. The number of hydrogen-bond acceptors (Lipinski definition) is 4. The summed E-state index contributed by atoms with van der Waals surface area (Å²) >= 11 is 0. The molecule has 6 heteroatoms. The molecule has 1 fully saturated rings. The predicted molar refractivity (Wildman–Crippen MR) is 90.8 cm³/mol. The number of esters is 1. The molecule has 0 saturated heterocycles. The molecule has 0 heterocycles. The van der Waals surface area contributed by atoms with Crippen LogP contribution in [-0.2, 0) is 14.3 Å².